The molecule has 0 spiro atoms. The maximum Gasteiger partial charge on any atom is 0.241 e. The van der Waals surface area contributed by atoms with Gasteiger partial charge in [-0.3, -0.25) is 0 Å². The molecule has 0 saturated carbocycles. The van der Waals surface area contributed by atoms with Crippen molar-refractivity contribution in [3.63, 3.8) is 0 Å². The molecule has 3 aromatic rings. The lowest BCUT2D eigenvalue weighted by atomic mass is 10.3. The fourth-order valence-corrected chi connectivity index (χ4v) is 3.97. The van der Waals surface area contributed by atoms with Gasteiger partial charge in [-0.2, -0.15) is 0 Å². The van der Waals surface area contributed by atoms with Gasteiger partial charge in [-0.15, -0.1) is 0 Å². The van der Waals surface area contributed by atoms with Crippen LogP contribution in [-0.2, 0) is 16.6 Å². The number of hydrogen-bond acceptors (Lipinski definition) is 5. The van der Waals surface area contributed by atoms with Crippen LogP contribution in [-0.4, -0.2) is 30.1 Å². The minimum absolute atomic E-state index is 0.00625. The molecule has 0 aliphatic rings. The van der Waals surface area contributed by atoms with Crippen molar-refractivity contribution in [1.29, 1.82) is 0 Å². The van der Waals surface area contributed by atoms with Crippen LogP contribution >= 0.6 is 0 Å². The standard InChI is InChI=1S/C17H19FN4O3S/c1-4-22-15-9-16(25-3)19-10-14(15)20-17(22)11(2)21-26(23,24)13-7-5-12(18)6-8-13/h5-11,21H,4H2,1-3H3/t11-/m1/s1. The number of benzene rings is 1. The molecular formula is C17H19FN4O3S. The highest BCUT2D eigenvalue weighted by atomic mass is 32.2. The van der Waals surface area contributed by atoms with Crippen molar-refractivity contribution in [2.45, 2.75) is 31.3 Å². The third kappa shape index (κ3) is 3.40. The summed E-state index contributed by atoms with van der Waals surface area (Å²) < 4.78 is 47.7. The van der Waals surface area contributed by atoms with Crippen molar-refractivity contribution >= 4 is 21.1 Å². The molecule has 0 aliphatic carbocycles. The van der Waals surface area contributed by atoms with Gasteiger partial charge in [-0.05, 0) is 38.1 Å². The van der Waals surface area contributed by atoms with E-state index in [1.165, 1.54) is 19.2 Å². The van der Waals surface area contributed by atoms with Crippen LogP contribution in [0.4, 0.5) is 4.39 Å². The zero-order valence-electron chi connectivity index (χ0n) is 14.6. The zero-order chi connectivity index (χ0) is 18.9. The molecule has 2 aromatic heterocycles. The number of aromatic nitrogens is 3. The van der Waals surface area contributed by atoms with Gasteiger partial charge >= 0.3 is 0 Å². The number of rotatable bonds is 6. The zero-order valence-corrected chi connectivity index (χ0v) is 15.4. The second-order valence-electron chi connectivity index (χ2n) is 5.73. The predicted molar refractivity (Wildman–Crippen MR) is 94.9 cm³/mol. The van der Waals surface area contributed by atoms with Gasteiger partial charge in [0.25, 0.3) is 0 Å². The Balaban J connectivity index is 1.96. The van der Waals surface area contributed by atoms with E-state index in [-0.39, 0.29) is 4.90 Å². The lowest BCUT2D eigenvalue weighted by molar-refractivity contribution is 0.398. The number of aryl methyl sites for hydroxylation is 1. The molecule has 26 heavy (non-hydrogen) atoms. The third-order valence-corrected chi connectivity index (χ3v) is 5.56. The molecule has 1 N–H and O–H groups in total. The number of sulfonamides is 1. The van der Waals surface area contributed by atoms with Gasteiger partial charge in [0, 0.05) is 12.6 Å². The van der Waals surface area contributed by atoms with Gasteiger partial charge in [0.1, 0.15) is 17.2 Å². The van der Waals surface area contributed by atoms with Crippen molar-refractivity contribution in [2.24, 2.45) is 0 Å². The number of methoxy groups -OCH3 is 1. The second kappa shape index (κ2) is 7.00. The smallest absolute Gasteiger partial charge is 0.241 e. The van der Waals surface area contributed by atoms with E-state index in [0.717, 1.165) is 17.6 Å². The molecule has 138 valence electrons. The van der Waals surface area contributed by atoms with Crippen LogP contribution in [0.1, 0.15) is 25.7 Å². The molecule has 1 aromatic carbocycles. The second-order valence-corrected chi connectivity index (χ2v) is 7.44. The van der Waals surface area contributed by atoms with Crippen molar-refractivity contribution in [3.8, 4) is 5.88 Å². The molecule has 9 heteroatoms. The van der Waals surface area contributed by atoms with E-state index < -0.39 is 21.9 Å². The molecule has 0 radical (unpaired) electrons. The fraction of sp³-hybridized carbons (Fsp3) is 0.294. The SMILES string of the molecule is CCn1c([C@@H](C)NS(=O)(=O)c2ccc(F)cc2)nc2cnc(OC)cc21. The number of pyridine rings is 1. The lowest BCUT2D eigenvalue weighted by Gasteiger charge is -2.15. The Morgan fingerprint density at radius 1 is 1.31 bits per heavy atom. The van der Waals surface area contributed by atoms with Crippen LogP contribution in [0.2, 0.25) is 0 Å². The molecule has 0 fully saturated rings. The Morgan fingerprint density at radius 2 is 2.00 bits per heavy atom. The topological polar surface area (TPSA) is 86.1 Å². The highest BCUT2D eigenvalue weighted by Crippen LogP contribution is 2.24. The van der Waals surface area contributed by atoms with Gasteiger partial charge in [0.2, 0.25) is 15.9 Å². The van der Waals surface area contributed by atoms with Gasteiger partial charge < -0.3 is 9.30 Å². The van der Waals surface area contributed by atoms with Crippen molar-refractivity contribution in [3.05, 3.63) is 48.2 Å². The summed E-state index contributed by atoms with van der Waals surface area (Å²) in [5.74, 6) is 0.521. The molecule has 0 amide bonds. The molecule has 0 saturated heterocycles. The van der Waals surface area contributed by atoms with E-state index in [9.17, 15) is 12.8 Å². The van der Waals surface area contributed by atoms with Crippen LogP contribution in [0.15, 0.2) is 41.4 Å². The molecule has 3 rings (SSSR count). The first-order valence-electron chi connectivity index (χ1n) is 8.03. The number of hydrogen-bond donors (Lipinski definition) is 1. The summed E-state index contributed by atoms with van der Waals surface area (Å²) in [5.41, 5.74) is 1.46. The Hall–Kier alpha value is -2.52. The molecule has 0 bridgehead atoms. The van der Waals surface area contributed by atoms with E-state index in [1.54, 1.807) is 19.2 Å². The highest BCUT2D eigenvalue weighted by molar-refractivity contribution is 7.89. The number of halogens is 1. The minimum atomic E-state index is -3.81. The maximum absolute atomic E-state index is 13.0. The average Bonchev–Trinajstić information content (AvgIpc) is 2.99. The molecule has 1 atom stereocenters. The first-order valence-corrected chi connectivity index (χ1v) is 9.52. The van der Waals surface area contributed by atoms with E-state index >= 15 is 0 Å². The third-order valence-electron chi connectivity index (χ3n) is 4.01. The summed E-state index contributed by atoms with van der Waals surface area (Å²) in [6.07, 6.45) is 1.59. The molecule has 0 unspecified atom stereocenters. The summed E-state index contributed by atoms with van der Waals surface area (Å²) in [5, 5.41) is 0. The Bertz CT molecular complexity index is 1030. The Labute approximate surface area is 150 Å². The van der Waals surface area contributed by atoms with Gasteiger partial charge in [0.05, 0.1) is 29.8 Å². The number of imidazole rings is 1. The number of nitrogens with one attached hydrogen (secondary N) is 1. The largest absolute Gasteiger partial charge is 0.481 e. The van der Waals surface area contributed by atoms with E-state index in [4.69, 9.17) is 4.74 Å². The summed E-state index contributed by atoms with van der Waals surface area (Å²) in [6.45, 7) is 4.25. The van der Waals surface area contributed by atoms with Gasteiger partial charge in [0.15, 0.2) is 0 Å². The monoisotopic (exact) mass is 378 g/mol. The average molecular weight is 378 g/mol. The van der Waals surface area contributed by atoms with Crippen LogP contribution in [0.25, 0.3) is 11.0 Å². The number of ether oxygens (including phenoxy) is 1. The van der Waals surface area contributed by atoms with Gasteiger partial charge in [-0.25, -0.2) is 27.5 Å². The molecule has 0 aliphatic heterocycles. The first-order chi connectivity index (χ1) is 12.4. The van der Waals surface area contributed by atoms with Crippen LogP contribution in [0, 0.1) is 5.82 Å². The van der Waals surface area contributed by atoms with Crippen LogP contribution in [0.3, 0.4) is 0 Å². The van der Waals surface area contributed by atoms with Crippen molar-refractivity contribution < 1.29 is 17.5 Å². The lowest BCUT2D eigenvalue weighted by Crippen LogP contribution is -2.28. The van der Waals surface area contributed by atoms with E-state index in [2.05, 4.69) is 14.7 Å². The van der Waals surface area contributed by atoms with Crippen molar-refractivity contribution in [2.75, 3.05) is 7.11 Å². The molecule has 2 heterocycles. The quantitative estimate of drug-likeness (QED) is 0.713. The summed E-state index contributed by atoms with van der Waals surface area (Å²) >= 11 is 0. The summed E-state index contributed by atoms with van der Waals surface area (Å²) in [6, 6.07) is 5.83. The summed E-state index contributed by atoms with van der Waals surface area (Å²) in [4.78, 5) is 8.63. The molecular weight excluding hydrogens is 359 g/mol. The Morgan fingerprint density at radius 3 is 2.62 bits per heavy atom. The number of nitrogens with zero attached hydrogens (tertiary/aromatic N) is 3. The Kier molecular flexibility index (Phi) is 4.92. The predicted octanol–water partition coefficient (Wildman–Crippen LogP) is 2.64. The van der Waals surface area contributed by atoms with E-state index in [0.29, 0.717) is 23.8 Å². The van der Waals surface area contributed by atoms with Crippen LogP contribution in [0.5, 0.6) is 5.88 Å². The highest BCUT2D eigenvalue weighted by Gasteiger charge is 2.23. The number of fused-ring (bicyclic) bond motifs is 1. The maximum atomic E-state index is 13.0. The minimum Gasteiger partial charge on any atom is -0.481 e. The van der Waals surface area contributed by atoms with E-state index in [1.807, 2.05) is 11.5 Å². The normalized spacial score (nSPS) is 13.1. The first kappa shape index (κ1) is 18.3. The fourth-order valence-electron chi connectivity index (χ4n) is 2.77. The van der Waals surface area contributed by atoms with Crippen molar-refractivity contribution in [1.82, 2.24) is 19.3 Å². The summed E-state index contributed by atoms with van der Waals surface area (Å²) in [7, 11) is -2.28. The van der Waals surface area contributed by atoms with Crippen LogP contribution < -0.4 is 9.46 Å². The van der Waals surface area contributed by atoms with Gasteiger partial charge in [-0.1, -0.05) is 0 Å². The molecule has 7 nitrogen and oxygen atoms in total.